The highest BCUT2D eigenvalue weighted by Crippen LogP contribution is 2.37. The van der Waals surface area contributed by atoms with Gasteiger partial charge in [0.1, 0.15) is 17.7 Å². The zero-order valence-electron chi connectivity index (χ0n) is 11.4. The molecule has 7 nitrogen and oxygen atoms in total. The van der Waals surface area contributed by atoms with Crippen molar-refractivity contribution in [1.29, 1.82) is 10.5 Å². The molecule has 0 N–H and O–H groups in total. The second-order valence-electron chi connectivity index (χ2n) is 4.40. The molecular weight excluding hydrogens is 316 g/mol. The Labute approximate surface area is 133 Å². The van der Waals surface area contributed by atoms with E-state index in [-0.39, 0.29) is 26.9 Å². The zero-order chi connectivity index (χ0) is 16.4. The minimum atomic E-state index is -0.604. The molecule has 1 aromatic heterocycles. The molecule has 0 unspecified atom stereocenters. The maximum atomic E-state index is 11.2. The first-order valence-corrected chi connectivity index (χ1v) is 7.10. The van der Waals surface area contributed by atoms with Gasteiger partial charge in [-0.25, -0.2) is 4.98 Å². The maximum absolute atomic E-state index is 11.2. The van der Waals surface area contributed by atoms with Crippen molar-refractivity contribution in [2.45, 2.75) is 10.1 Å². The number of para-hydroxylation sites is 2. The van der Waals surface area contributed by atoms with Crippen molar-refractivity contribution in [3.8, 4) is 12.1 Å². The lowest BCUT2D eigenvalue weighted by Crippen LogP contribution is -1.95. The summed E-state index contributed by atoms with van der Waals surface area (Å²) in [7, 11) is 0. The number of nitro benzene ring substituents is 1. The van der Waals surface area contributed by atoms with E-state index in [1.807, 2.05) is 6.07 Å². The van der Waals surface area contributed by atoms with Gasteiger partial charge in [0.2, 0.25) is 0 Å². The molecule has 8 heteroatoms. The van der Waals surface area contributed by atoms with Crippen LogP contribution in [0.2, 0.25) is 0 Å². The average Bonchev–Trinajstić information content (AvgIpc) is 2.96. The lowest BCUT2D eigenvalue weighted by atomic mass is 10.1. The van der Waals surface area contributed by atoms with E-state index in [4.69, 9.17) is 14.9 Å². The highest BCUT2D eigenvalue weighted by atomic mass is 32.2. The Morgan fingerprint density at radius 3 is 2.52 bits per heavy atom. The Morgan fingerprint density at radius 2 is 1.87 bits per heavy atom. The fourth-order valence-electron chi connectivity index (χ4n) is 1.97. The molecular formula is C15H6N4O3S. The summed E-state index contributed by atoms with van der Waals surface area (Å²) >= 11 is 0.937. The molecule has 1 heterocycles. The Kier molecular flexibility index (Phi) is 3.67. The van der Waals surface area contributed by atoms with Gasteiger partial charge in [0, 0.05) is 6.07 Å². The number of oxazole rings is 1. The molecule has 110 valence electrons. The predicted octanol–water partition coefficient (Wildman–Crippen LogP) is 3.63. The molecule has 23 heavy (non-hydrogen) atoms. The molecule has 0 saturated carbocycles. The van der Waals surface area contributed by atoms with Crippen LogP contribution < -0.4 is 0 Å². The summed E-state index contributed by atoms with van der Waals surface area (Å²) in [6, 6.07) is 13.1. The number of benzene rings is 2. The molecule has 0 amide bonds. The largest absolute Gasteiger partial charge is 0.431 e. The van der Waals surface area contributed by atoms with Crippen molar-refractivity contribution in [3.05, 3.63) is 57.6 Å². The summed E-state index contributed by atoms with van der Waals surface area (Å²) in [5.41, 5.74) is 0.948. The maximum Gasteiger partial charge on any atom is 0.284 e. The number of nitro groups is 1. The van der Waals surface area contributed by atoms with Crippen LogP contribution in [0, 0.1) is 32.8 Å². The summed E-state index contributed by atoms with van der Waals surface area (Å²) in [6.07, 6.45) is 0. The molecule has 0 saturated heterocycles. The third kappa shape index (κ3) is 2.71. The topological polar surface area (TPSA) is 117 Å². The van der Waals surface area contributed by atoms with Crippen molar-refractivity contribution in [2.75, 3.05) is 0 Å². The SMILES string of the molecule is N#Cc1cc(Sc2nc3ccccc3o2)c([N+](=O)[O-])cc1C#N. The van der Waals surface area contributed by atoms with Gasteiger partial charge in [-0.2, -0.15) is 10.5 Å². The van der Waals surface area contributed by atoms with E-state index in [9.17, 15) is 10.1 Å². The number of hydrogen-bond donors (Lipinski definition) is 0. The Hall–Kier alpha value is -3.36. The van der Waals surface area contributed by atoms with Gasteiger partial charge in [0.25, 0.3) is 10.9 Å². The summed E-state index contributed by atoms with van der Waals surface area (Å²) in [5, 5.41) is 29.5. The molecule has 0 aliphatic heterocycles. The molecule has 0 spiro atoms. The van der Waals surface area contributed by atoms with Crippen LogP contribution in [0.25, 0.3) is 11.1 Å². The van der Waals surface area contributed by atoms with Gasteiger partial charge in [-0.05, 0) is 30.0 Å². The molecule has 0 bridgehead atoms. The van der Waals surface area contributed by atoms with Gasteiger partial charge in [0.05, 0.1) is 20.9 Å². The Bertz CT molecular complexity index is 981. The summed E-state index contributed by atoms with van der Waals surface area (Å²) in [6.45, 7) is 0. The number of aromatic nitrogens is 1. The summed E-state index contributed by atoms with van der Waals surface area (Å²) < 4.78 is 5.52. The van der Waals surface area contributed by atoms with E-state index in [2.05, 4.69) is 4.98 Å². The number of hydrogen-bond acceptors (Lipinski definition) is 7. The third-order valence-electron chi connectivity index (χ3n) is 3.01. The standard InChI is InChI=1S/C15H6N4O3S/c16-7-9-5-12(19(20)21)14(6-10(9)8-17)23-15-18-11-3-1-2-4-13(11)22-15/h1-6H. The lowest BCUT2D eigenvalue weighted by Gasteiger charge is -2.02. The van der Waals surface area contributed by atoms with E-state index in [1.165, 1.54) is 6.07 Å². The van der Waals surface area contributed by atoms with E-state index in [1.54, 1.807) is 30.3 Å². The highest BCUT2D eigenvalue weighted by Gasteiger charge is 2.21. The molecule has 0 aliphatic rings. The molecule has 3 rings (SSSR count). The van der Waals surface area contributed by atoms with Gasteiger partial charge in [-0.15, -0.1) is 0 Å². The fourth-order valence-corrected chi connectivity index (χ4v) is 2.84. The number of fused-ring (bicyclic) bond motifs is 1. The monoisotopic (exact) mass is 322 g/mol. The Balaban J connectivity index is 2.09. The zero-order valence-corrected chi connectivity index (χ0v) is 12.2. The normalized spacial score (nSPS) is 10.2. The van der Waals surface area contributed by atoms with Crippen molar-refractivity contribution in [1.82, 2.24) is 4.98 Å². The first kappa shape index (κ1) is 14.6. The number of rotatable bonds is 3. The van der Waals surface area contributed by atoms with Crippen LogP contribution in [0.15, 0.2) is 50.9 Å². The van der Waals surface area contributed by atoms with Crippen LogP contribution in [-0.2, 0) is 0 Å². The van der Waals surface area contributed by atoms with Crippen LogP contribution in [0.3, 0.4) is 0 Å². The smallest absolute Gasteiger partial charge is 0.284 e. The minimum absolute atomic E-state index is 0.0406. The van der Waals surface area contributed by atoms with Crippen molar-refractivity contribution in [2.24, 2.45) is 0 Å². The quantitative estimate of drug-likeness (QED) is 0.533. The van der Waals surface area contributed by atoms with E-state index in [0.29, 0.717) is 11.1 Å². The molecule has 2 aromatic carbocycles. The second kappa shape index (κ2) is 5.79. The summed E-state index contributed by atoms with van der Waals surface area (Å²) in [5.74, 6) is 0. The van der Waals surface area contributed by atoms with Crippen LogP contribution >= 0.6 is 11.8 Å². The fraction of sp³-hybridized carbons (Fsp3) is 0. The van der Waals surface area contributed by atoms with Gasteiger partial charge in [-0.3, -0.25) is 10.1 Å². The van der Waals surface area contributed by atoms with Crippen LogP contribution in [-0.4, -0.2) is 9.91 Å². The first-order chi connectivity index (χ1) is 11.1. The van der Waals surface area contributed by atoms with Crippen LogP contribution in [0.5, 0.6) is 0 Å². The van der Waals surface area contributed by atoms with Crippen molar-refractivity contribution < 1.29 is 9.34 Å². The van der Waals surface area contributed by atoms with Crippen molar-refractivity contribution >= 4 is 28.5 Å². The predicted molar refractivity (Wildman–Crippen MR) is 80.7 cm³/mol. The second-order valence-corrected chi connectivity index (χ2v) is 5.39. The number of nitriles is 2. The van der Waals surface area contributed by atoms with Gasteiger partial charge >= 0.3 is 0 Å². The van der Waals surface area contributed by atoms with E-state index in [0.717, 1.165) is 17.8 Å². The van der Waals surface area contributed by atoms with Gasteiger partial charge in [0.15, 0.2) is 5.58 Å². The minimum Gasteiger partial charge on any atom is -0.431 e. The van der Waals surface area contributed by atoms with Gasteiger partial charge < -0.3 is 4.42 Å². The lowest BCUT2D eigenvalue weighted by molar-refractivity contribution is -0.387. The molecule has 0 radical (unpaired) electrons. The third-order valence-corrected chi connectivity index (χ3v) is 3.90. The molecule has 0 aliphatic carbocycles. The number of nitrogens with zero attached hydrogens (tertiary/aromatic N) is 4. The highest BCUT2D eigenvalue weighted by molar-refractivity contribution is 7.99. The average molecular weight is 322 g/mol. The summed E-state index contributed by atoms with van der Waals surface area (Å²) in [4.78, 5) is 15.0. The molecule has 0 fully saturated rings. The van der Waals surface area contributed by atoms with E-state index >= 15 is 0 Å². The molecule has 0 atom stereocenters. The van der Waals surface area contributed by atoms with Crippen LogP contribution in [0.4, 0.5) is 5.69 Å². The van der Waals surface area contributed by atoms with E-state index < -0.39 is 4.92 Å². The van der Waals surface area contributed by atoms with Crippen molar-refractivity contribution in [3.63, 3.8) is 0 Å². The van der Waals surface area contributed by atoms with Crippen LogP contribution in [0.1, 0.15) is 11.1 Å². The molecule has 3 aromatic rings. The Morgan fingerprint density at radius 1 is 1.17 bits per heavy atom. The first-order valence-electron chi connectivity index (χ1n) is 6.28. The van der Waals surface area contributed by atoms with Gasteiger partial charge in [-0.1, -0.05) is 12.1 Å².